The van der Waals surface area contributed by atoms with Crippen LogP contribution in [0.3, 0.4) is 0 Å². The zero-order chi connectivity index (χ0) is 12.3. The van der Waals surface area contributed by atoms with Gasteiger partial charge in [-0.05, 0) is 19.3 Å². The lowest BCUT2D eigenvalue weighted by atomic mass is 9.96. The van der Waals surface area contributed by atoms with E-state index in [4.69, 9.17) is 0 Å². The molecule has 3 nitrogen and oxygen atoms in total. The monoisotopic (exact) mass is 232 g/mol. The normalized spacial score (nSPS) is 28.9. The highest BCUT2D eigenvalue weighted by Crippen LogP contribution is 2.26. The van der Waals surface area contributed by atoms with Crippen molar-refractivity contribution in [3.63, 3.8) is 0 Å². The number of nitrogens with one attached hydrogen (secondary N) is 1. The maximum atomic E-state index is 12.6. The second-order valence-electron chi connectivity index (χ2n) is 4.98. The molecule has 0 radical (unpaired) electrons. The predicted octanol–water partition coefficient (Wildman–Crippen LogP) is 2.98. The third-order valence-corrected chi connectivity index (χ3v) is 3.30. The Labute approximate surface area is 103 Å². The summed E-state index contributed by atoms with van der Waals surface area (Å²) >= 11 is 0. The van der Waals surface area contributed by atoms with Crippen LogP contribution in [0, 0.1) is 11.1 Å². The number of hydrogen-bond donors (Lipinski definition) is 1. The van der Waals surface area contributed by atoms with Crippen LogP contribution in [-0.2, 0) is 0 Å². The van der Waals surface area contributed by atoms with E-state index in [1.807, 2.05) is 37.3 Å². The number of para-hydroxylation sites is 1. The van der Waals surface area contributed by atoms with Crippen LogP contribution in [0.25, 0.3) is 0 Å². The molecule has 0 aliphatic carbocycles. The molecule has 1 N–H and O–H groups in total. The first-order valence-electron chi connectivity index (χ1n) is 6.14. The molecule has 1 aromatic carbocycles. The van der Waals surface area contributed by atoms with E-state index < -0.39 is 4.76 Å². The van der Waals surface area contributed by atoms with E-state index in [1.54, 1.807) is 0 Å². The van der Waals surface area contributed by atoms with Crippen molar-refractivity contribution in [2.75, 3.05) is 13.1 Å². The van der Waals surface area contributed by atoms with Gasteiger partial charge in [-0.1, -0.05) is 23.8 Å². The van der Waals surface area contributed by atoms with Gasteiger partial charge < -0.3 is 5.21 Å². The summed E-state index contributed by atoms with van der Waals surface area (Å²) in [4.78, 5) is 0. The zero-order valence-electron chi connectivity index (χ0n) is 10.4. The highest BCUT2D eigenvalue weighted by atomic mass is 16.6. The molecule has 0 saturated carbocycles. The molecule has 2 unspecified atom stereocenters. The maximum absolute atomic E-state index is 12.6. The largest absolute Gasteiger partial charge is 0.606 e. The van der Waals surface area contributed by atoms with Gasteiger partial charge in [-0.25, -0.2) is 4.76 Å². The number of benzene rings is 1. The molecule has 1 heterocycles. The number of hydroxylamine groups is 1. The average Bonchev–Trinajstić information content (AvgIpc) is 2.33. The molecule has 0 amide bonds. The first kappa shape index (κ1) is 12.3. The van der Waals surface area contributed by atoms with Crippen LogP contribution in [-0.4, -0.2) is 13.1 Å². The number of hydrogen-bond acceptors (Lipinski definition) is 2. The molecular formula is C14H20N2O. The van der Waals surface area contributed by atoms with Crippen molar-refractivity contribution in [2.24, 2.45) is 5.92 Å². The number of quaternary nitrogens is 1. The second kappa shape index (κ2) is 5.00. The third kappa shape index (κ3) is 2.94. The molecule has 1 fully saturated rings. The van der Waals surface area contributed by atoms with Gasteiger partial charge in [0.25, 0.3) is 0 Å². The van der Waals surface area contributed by atoms with E-state index in [0.717, 1.165) is 25.1 Å². The SMILES string of the molecule is C=C(C)CC1CC[N+]([O-])(c2ccccc2)NC1. The minimum absolute atomic E-state index is 0.395. The van der Waals surface area contributed by atoms with Crippen molar-refractivity contribution < 1.29 is 0 Å². The van der Waals surface area contributed by atoms with Gasteiger partial charge in [0.2, 0.25) is 0 Å². The fourth-order valence-corrected chi connectivity index (χ4v) is 2.38. The number of allylic oxidation sites excluding steroid dienone is 1. The Balaban J connectivity index is 2.00. The van der Waals surface area contributed by atoms with Crippen molar-refractivity contribution in [3.05, 3.63) is 47.7 Å². The summed E-state index contributed by atoms with van der Waals surface area (Å²) in [5.41, 5.74) is 5.10. The summed E-state index contributed by atoms with van der Waals surface area (Å²) in [6.45, 7) is 7.35. The first-order valence-corrected chi connectivity index (χ1v) is 6.14. The smallest absolute Gasteiger partial charge is 0.152 e. The van der Waals surface area contributed by atoms with Crippen LogP contribution < -0.4 is 10.2 Å². The van der Waals surface area contributed by atoms with Gasteiger partial charge in [0.05, 0.1) is 0 Å². The standard InChI is InChI=1S/C14H20N2O/c1-12(2)10-13-8-9-16(17,15-11-13)14-6-4-3-5-7-14/h3-7,13,15H,1,8-11H2,2H3. The Kier molecular flexibility index (Phi) is 3.62. The van der Waals surface area contributed by atoms with Crippen LogP contribution in [0.5, 0.6) is 0 Å². The van der Waals surface area contributed by atoms with Gasteiger partial charge in [-0.15, -0.1) is 6.58 Å². The zero-order valence-corrected chi connectivity index (χ0v) is 10.4. The molecule has 1 aromatic rings. The Hall–Kier alpha value is -1.16. The summed E-state index contributed by atoms with van der Waals surface area (Å²) in [6, 6.07) is 9.53. The first-order chi connectivity index (χ1) is 8.10. The summed E-state index contributed by atoms with van der Waals surface area (Å²) in [7, 11) is 0. The van der Waals surface area contributed by atoms with E-state index in [9.17, 15) is 5.21 Å². The lowest BCUT2D eigenvalue weighted by molar-refractivity contribution is 0.179. The van der Waals surface area contributed by atoms with Crippen molar-refractivity contribution in [2.45, 2.75) is 19.8 Å². The van der Waals surface area contributed by atoms with Gasteiger partial charge in [0.1, 0.15) is 6.54 Å². The molecule has 0 aromatic heterocycles. The van der Waals surface area contributed by atoms with Gasteiger partial charge in [-0.2, -0.15) is 5.43 Å². The Morgan fingerprint density at radius 2 is 2.18 bits per heavy atom. The van der Waals surface area contributed by atoms with Crippen LogP contribution in [0.15, 0.2) is 42.5 Å². The van der Waals surface area contributed by atoms with E-state index in [-0.39, 0.29) is 0 Å². The van der Waals surface area contributed by atoms with Crippen LogP contribution in [0.2, 0.25) is 0 Å². The van der Waals surface area contributed by atoms with Crippen molar-refractivity contribution >= 4 is 5.69 Å². The highest BCUT2D eigenvalue weighted by molar-refractivity contribution is 5.42. The van der Waals surface area contributed by atoms with Gasteiger partial charge in [0, 0.05) is 25.1 Å². The Morgan fingerprint density at radius 1 is 1.47 bits per heavy atom. The summed E-state index contributed by atoms with van der Waals surface area (Å²) < 4.78 is -0.395. The minimum atomic E-state index is -0.395. The molecule has 17 heavy (non-hydrogen) atoms. The van der Waals surface area contributed by atoms with Crippen LogP contribution in [0.1, 0.15) is 19.8 Å². The van der Waals surface area contributed by atoms with E-state index >= 15 is 0 Å². The second-order valence-corrected chi connectivity index (χ2v) is 4.98. The summed E-state index contributed by atoms with van der Waals surface area (Å²) in [6.07, 6.45) is 1.97. The average molecular weight is 232 g/mol. The molecule has 0 spiro atoms. The van der Waals surface area contributed by atoms with Gasteiger partial charge in [0.15, 0.2) is 5.69 Å². The third-order valence-electron chi connectivity index (χ3n) is 3.30. The molecule has 2 atom stereocenters. The predicted molar refractivity (Wildman–Crippen MR) is 72.0 cm³/mol. The Morgan fingerprint density at radius 3 is 2.71 bits per heavy atom. The molecule has 1 aliphatic heterocycles. The lowest BCUT2D eigenvalue weighted by Gasteiger charge is -2.46. The molecule has 1 aliphatic rings. The molecule has 1 saturated heterocycles. The van der Waals surface area contributed by atoms with Crippen LogP contribution in [0.4, 0.5) is 5.69 Å². The van der Waals surface area contributed by atoms with Crippen molar-refractivity contribution in [1.82, 2.24) is 10.2 Å². The van der Waals surface area contributed by atoms with Crippen molar-refractivity contribution in [1.29, 1.82) is 0 Å². The Bertz CT molecular complexity index is 380. The topological polar surface area (TPSA) is 35.1 Å². The minimum Gasteiger partial charge on any atom is -0.606 e. The fraction of sp³-hybridized carbons (Fsp3) is 0.429. The molecule has 0 bridgehead atoms. The molecule has 2 rings (SSSR count). The summed E-state index contributed by atoms with van der Waals surface area (Å²) in [5.74, 6) is 0.552. The number of rotatable bonds is 3. The molecule has 92 valence electrons. The lowest BCUT2D eigenvalue weighted by Crippen LogP contribution is -2.60. The molecular weight excluding hydrogens is 212 g/mol. The van der Waals surface area contributed by atoms with Crippen LogP contribution >= 0.6 is 0 Å². The molecule has 3 heteroatoms. The van der Waals surface area contributed by atoms with Gasteiger partial charge in [-0.3, -0.25) is 0 Å². The maximum Gasteiger partial charge on any atom is 0.152 e. The number of nitrogens with zero attached hydrogens (tertiary/aromatic N) is 1. The highest BCUT2D eigenvalue weighted by Gasteiger charge is 2.28. The van der Waals surface area contributed by atoms with E-state index in [2.05, 4.69) is 12.0 Å². The van der Waals surface area contributed by atoms with E-state index in [0.29, 0.717) is 12.5 Å². The van der Waals surface area contributed by atoms with E-state index in [1.165, 1.54) is 5.57 Å². The van der Waals surface area contributed by atoms with Crippen molar-refractivity contribution in [3.8, 4) is 0 Å². The van der Waals surface area contributed by atoms with Gasteiger partial charge >= 0.3 is 0 Å². The summed E-state index contributed by atoms with van der Waals surface area (Å²) in [5, 5.41) is 12.6. The quantitative estimate of drug-likeness (QED) is 0.494. The fourth-order valence-electron chi connectivity index (χ4n) is 2.38.